The van der Waals surface area contributed by atoms with Gasteiger partial charge in [-0.25, -0.2) is 4.79 Å². The lowest BCUT2D eigenvalue weighted by Crippen LogP contribution is -2.62. The highest BCUT2D eigenvalue weighted by Gasteiger charge is 2.46. The van der Waals surface area contributed by atoms with E-state index in [1.807, 2.05) is 76.7 Å². The minimum absolute atomic E-state index is 0.194. The molecule has 10 heteroatoms. The smallest absolute Gasteiger partial charge is 0.410 e. The van der Waals surface area contributed by atoms with E-state index in [1.54, 1.807) is 41.8 Å². The minimum atomic E-state index is -1.03. The lowest BCUT2D eigenvalue weighted by Gasteiger charge is -2.41. The van der Waals surface area contributed by atoms with Crippen LogP contribution in [0.25, 0.3) is 10.9 Å². The molecule has 2 atom stereocenters. The van der Waals surface area contributed by atoms with Crippen LogP contribution in [-0.2, 0) is 36.3 Å². The minimum Gasteiger partial charge on any atom is -0.466 e. The molecule has 0 saturated heterocycles. The van der Waals surface area contributed by atoms with Crippen LogP contribution in [0.5, 0.6) is 0 Å². The fourth-order valence-corrected chi connectivity index (χ4v) is 5.32. The van der Waals surface area contributed by atoms with Crippen molar-refractivity contribution in [2.45, 2.75) is 98.3 Å². The second-order valence-electron chi connectivity index (χ2n) is 13.9. The number of esters is 1. The first kappa shape index (κ1) is 35.6. The number of para-hydroxylation sites is 1. The molecule has 0 aliphatic heterocycles. The largest absolute Gasteiger partial charge is 0.466 e. The van der Waals surface area contributed by atoms with Crippen LogP contribution >= 0.6 is 0 Å². The predicted molar refractivity (Wildman–Crippen MR) is 169 cm³/mol. The van der Waals surface area contributed by atoms with E-state index in [2.05, 4.69) is 5.32 Å². The molecule has 43 heavy (non-hydrogen) atoms. The zero-order valence-electron chi connectivity index (χ0n) is 28.2. The Morgan fingerprint density at radius 2 is 1.58 bits per heavy atom. The van der Waals surface area contributed by atoms with Gasteiger partial charge in [-0.05, 0) is 51.2 Å². The molecule has 0 spiro atoms. The van der Waals surface area contributed by atoms with Crippen LogP contribution in [0.3, 0.4) is 0 Å². The second-order valence-corrected chi connectivity index (χ2v) is 13.9. The van der Waals surface area contributed by atoms with Gasteiger partial charge >= 0.3 is 12.1 Å². The van der Waals surface area contributed by atoms with Gasteiger partial charge in [0.15, 0.2) is 0 Å². The maximum Gasteiger partial charge on any atom is 0.410 e. The third kappa shape index (κ3) is 8.97. The molecule has 0 unspecified atom stereocenters. The van der Waals surface area contributed by atoms with Crippen molar-refractivity contribution in [2.75, 3.05) is 27.2 Å². The van der Waals surface area contributed by atoms with Crippen molar-refractivity contribution in [3.05, 3.63) is 36.0 Å². The Kier molecular flexibility index (Phi) is 11.5. The van der Waals surface area contributed by atoms with Crippen LogP contribution in [0.1, 0.15) is 80.7 Å². The number of hydrogen-bond donors (Lipinski definition) is 1. The number of fused-ring (bicyclic) bond motifs is 1. The molecule has 1 N–H and O–H groups in total. The summed E-state index contributed by atoms with van der Waals surface area (Å²) in [5.74, 6) is -1.07. The van der Waals surface area contributed by atoms with E-state index in [9.17, 15) is 19.2 Å². The molecule has 0 aliphatic rings. The van der Waals surface area contributed by atoms with E-state index in [4.69, 9.17) is 9.47 Å². The highest BCUT2D eigenvalue weighted by atomic mass is 16.6. The Bertz CT molecular complexity index is 1300. The van der Waals surface area contributed by atoms with Gasteiger partial charge in [0.05, 0.1) is 6.61 Å². The summed E-state index contributed by atoms with van der Waals surface area (Å²) in [6.07, 6.45) is 1.97. The number of aryl methyl sites for hydroxylation is 1. The molecule has 2 rings (SSSR count). The maximum absolute atomic E-state index is 14.4. The molecule has 240 valence electrons. The molecule has 1 heterocycles. The van der Waals surface area contributed by atoms with Crippen LogP contribution < -0.4 is 5.32 Å². The first-order chi connectivity index (χ1) is 19.7. The summed E-state index contributed by atoms with van der Waals surface area (Å²) in [5.41, 5.74) is -0.437. The zero-order valence-corrected chi connectivity index (χ0v) is 28.2. The molecular formula is C33H52N4O6. The van der Waals surface area contributed by atoms with Gasteiger partial charge in [-0.2, -0.15) is 0 Å². The SMILES string of the molecule is CCOC(=O)CCCN(C)C(=O)[C@@H](NC(=O)[C@@H](N(C)C(=O)OC(C)(C)C)C(C)(C)c1cn(C)c2ccccc12)C(C)(C)C. The van der Waals surface area contributed by atoms with Gasteiger partial charge in [-0.3, -0.25) is 19.3 Å². The van der Waals surface area contributed by atoms with Crippen LogP contribution in [0.4, 0.5) is 4.79 Å². The predicted octanol–water partition coefficient (Wildman–Crippen LogP) is 5.02. The number of likely N-dealkylation sites (N-methyl/N-ethyl adjacent to an activating group) is 2. The van der Waals surface area contributed by atoms with Gasteiger partial charge in [-0.15, -0.1) is 0 Å². The highest BCUT2D eigenvalue weighted by Crippen LogP contribution is 2.37. The molecule has 1 aromatic carbocycles. The number of benzene rings is 1. The molecule has 0 aliphatic carbocycles. The molecule has 0 saturated carbocycles. The quantitative estimate of drug-likeness (QED) is 0.363. The average molecular weight is 601 g/mol. The van der Waals surface area contributed by atoms with Crippen LogP contribution in [0.2, 0.25) is 0 Å². The number of rotatable bonds is 11. The Balaban J connectivity index is 2.49. The first-order valence-electron chi connectivity index (χ1n) is 14.9. The van der Waals surface area contributed by atoms with E-state index < -0.39 is 40.5 Å². The number of ether oxygens (including phenoxy) is 2. The first-order valence-corrected chi connectivity index (χ1v) is 14.9. The summed E-state index contributed by atoms with van der Waals surface area (Å²) in [6, 6.07) is 5.99. The third-order valence-electron chi connectivity index (χ3n) is 7.55. The maximum atomic E-state index is 14.4. The molecule has 1 aromatic heterocycles. The fraction of sp³-hybridized carbons (Fsp3) is 0.636. The van der Waals surface area contributed by atoms with Crippen LogP contribution in [0.15, 0.2) is 30.5 Å². The summed E-state index contributed by atoms with van der Waals surface area (Å²) >= 11 is 0. The number of nitrogens with zero attached hydrogens (tertiary/aromatic N) is 3. The van der Waals surface area contributed by atoms with E-state index in [0.29, 0.717) is 19.6 Å². The topological polar surface area (TPSA) is 110 Å². The lowest BCUT2D eigenvalue weighted by atomic mass is 9.76. The van der Waals surface area contributed by atoms with Gasteiger partial charge in [0.2, 0.25) is 11.8 Å². The summed E-state index contributed by atoms with van der Waals surface area (Å²) < 4.78 is 12.7. The van der Waals surface area contributed by atoms with E-state index in [-0.39, 0.29) is 18.3 Å². The van der Waals surface area contributed by atoms with E-state index in [1.165, 1.54) is 9.80 Å². The number of amides is 3. The van der Waals surface area contributed by atoms with Gasteiger partial charge in [0.1, 0.15) is 17.7 Å². The second kappa shape index (κ2) is 13.8. The Morgan fingerprint density at radius 1 is 0.977 bits per heavy atom. The standard InChI is InChI=1S/C33H52N4O6/c1-13-42-25(38)19-16-20-35(10)29(40)26(31(2,3)4)34-28(39)27(37(12)30(41)43-32(5,6)7)33(8,9)23-21-36(11)24-18-15-14-17-22(23)24/h14-15,17-18,21,26-27H,13,16,19-20H2,1-12H3,(H,34,39)/t26-,27-/m1/s1. The zero-order chi connectivity index (χ0) is 32.9. The van der Waals surface area contributed by atoms with Crippen molar-refractivity contribution in [3.63, 3.8) is 0 Å². The van der Waals surface area contributed by atoms with Gasteiger partial charge < -0.3 is 24.3 Å². The van der Waals surface area contributed by atoms with E-state index in [0.717, 1.165) is 16.5 Å². The molecule has 0 radical (unpaired) electrons. The number of aromatic nitrogens is 1. The molecule has 2 aromatic rings. The lowest BCUT2D eigenvalue weighted by molar-refractivity contribution is -0.144. The summed E-state index contributed by atoms with van der Waals surface area (Å²) in [6.45, 7) is 17.2. The van der Waals surface area contributed by atoms with Gasteiger partial charge in [0.25, 0.3) is 0 Å². The normalized spacial score (nSPS) is 13.7. The van der Waals surface area contributed by atoms with Crippen LogP contribution in [-0.4, -0.2) is 83.2 Å². The number of carbonyl (C=O) groups excluding carboxylic acids is 4. The average Bonchev–Trinajstić information content (AvgIpc) is 3.22. The molecule has 3 amide bonds. The summed E-state index contributed by atoms with van der Waals surface area (Å²) in [7, 11) is 5.16. The monoisotopic (exact) mass is 600 g/mol. The van der Waals surface area contributed by atoms with Crippen molar-refractivity contribution < 1.29 is 28.7 Å². The number of hydrogen-bond acceptors (Lipinski definition) is 6. The molecule has 10 nitrogen and oxygen atoms in total. The number of nitrogens with one attached hydrogen (secondary N) is 1. The summed E-state index contributed by atoms with van der Waals surface area (Å²) in [4.78, 5) is 56.1. The van der Waals surface area contributed by atoms with Crippen molar-refractivity contribution in [1.29, 1.82) is 0 Å². The van der Waals surface area contributed by atoms with Gasteiger partial charge in [0, 0.05) is 56.6 Å². The Morgan fingerprint density at radius 3 is 2.14 bits per heavy atom. The van der Waals surface area contributed by atoms with Crippen molar-refractivity contribution in [2.24, 2.45) is 12.5 Å². The third-order valence-corrected chi connectivity index (χ3v) is 7.55. The molecule has 0 bridgehead atoms. The van der Waals surface area contributed by atoms with E-state index >= 15 is 0 Å². The van der Waals surface area contributed by atoms with Crippen LogP contribution in [0, 0.1) is 5.41 Å². The van der Waals surface area contributed by atoms with Gasteiger partial charge in [-0.1, -0.05) is 52.8 Å². The molecular weight excluding hydrogens is 548 g/mol. The fourth-order valence-electron chi connectivity index (χ4n) is 5.32. The highest BCUT2D eigenvalue weighted by molar-refractivity contribution is 5.94. The Labute approximate surface area is 257 Å². The molecule has 0 fully saturated rings. The summed E-state index contributed by atoms with van der Waals surface area (Å²) in [5, 5.41) is 3.98. The van der Waals surface area contributed by atoms with Crippen molar-refractivity contribution >= 4 is 34.8 Å². The Hall–Kier alpha value is -3.56. The number of carbonyl (C=O) groups is 4. The van der Waals surface area contributed by atoms with Crippen molar-refractivity contribution in [3.8, 4) is 0 Å². The van der Waals surface area contributed by atoms with Crippen molar-refractivity contribution in [1.82, 2.24) is 19.7 Å².